The topological polar surface area (TPSA) is 101 Å². The molecule has 1 atom stereocenters. The summed E-state index contributed by atoms with van der Waals surface area (Å²) in [5, 5.41) is 13.7. The number of carbonyl (C=O) groups is 1. The number of nitrogens with one attached hydrogen (secondary N) is 2. The van der Waals surface area contributed by atoms with E-state index in [0.717, 1.165) is 23.2 Å². The van der Waals surface area contributed by atoms with Crippen LogP contribution < -0.4 is 5.32 Å². The summed E-state index contributed by atoms with van der Waals surface area (Å²) in [6.07, 6.45) is 2.73. The van der Waals surface area contributed by atoms with Crippen molar-refractivity contribution in [3.05, 3.63) is 70.0 Å². The maximum absolute atomic E-state index is 12.6. The number of amides is 1. The van der Waals surface area contributed by atoms with Crippen LogP contribution in [0.3, 0.4) is 0 Å². The van der Waals surface area contributed by atoms with Crippen LogP contribution in [0.25, 0.3) is 11.0 Å². The normalized spacial score (nSPS) is 12.0. The number of hydrogen-bond acceptors (Lipinski definition) is 5. The monoisotopic (exact) mass is 370 g/mol. The Morgan fingerprint density at radius 3 is 2.65 bits per heavy atom. The molecule has 0 spiro atoms. The fourth-order valence-electron chi connectivity index (χ4n) is 2.63. The molecular formula is C18H18N4O3S. The third kappa shape index (κ3) is 4.02. The van der Waals surface area contributed by atoms with Gasteiger partial charge in [0, 0.05) is 17.7 Å². The molecule has 2 aromatic carbocycles. The van der Waals surface area contributed by atoms with Crippen LogP contribution in [0.4, 0.5) is 5.69 Å². The number of nitrogens with zero attached hydrogens (tertiary/aromatic N) is 2. The van der Waals surface area contributed by atoms with Crippen molar-refractivity contribution in [3.63, 3.8) is 0 Å². The van der Waals surface area contributed by atoms with Crippen LogP contribution >= 0.6 is 11.8 Å². The van der Waals surface area contributed by atoms with Crippen LogP contribution in [0.15, 0.2) is 48.5 Å². The average molecular weight is 370 g/mol. The van der Waals surface area contributed by atoms with E-state index < -0.39 is 4.92 Å². The zero-order chi connectivity index (χ0) is 18.5. The van der Waals surface area contributed by atoms with Gasteiger partial charge < -0.3 is 10.3 Å². The molecule has 0 radical (unpaired) electrons. The molecule has 0 fully saturated rings. The highest BCUT2D eigenvalue weighted by Gasteiger charge is 2.19. The molecule has 0 bridgehead atoms. The number of aromatic amines is 1. The lowest BCUT2D eigenvalue weighted by Crippen LogP contribution is -2.29. The van der Waals surface area contributed by atoms with Gasteiger partial charge in [-0.1, -0.05) is 12.1 Å². The molecule has 0 aliphatic rings. The maximum atomic E-state index is 12.6. The lowest BCUT2D eigenvalue weighted by molar-refractivity contribution is -0.384. The molecule has 3 rings (SSSR count). The Kier molecular flexibility index (Phi) is 5.52. The van der Waals surface area contributed by atoms with E-state index in [0.29, 0.717) is 11.4 Å². The summed E-state index contributed by atoms with van der Waals surface area (Å²) >= 11 is 1.69. The maximum Gasteiger partial charge on any atom is 0.269 e. The van der Waals surface area contributed by atoms with Gasteiger partial charge in [-0.05, 0) is 42.7 Å². The van der Waals surface area contributed by atoms with E-state index in [1.165, 1.54) is 24.3 Å². The third-order valence-electron chi connectivity index (χ3n) is 3.99. The second-order valence-corrected chi connectivity index (χ2v) is 6.74. The van der Waals surface area contributed by atoms with Gasteiger partial charge in [0.15, 0.2) is 0 Å². The van der Waals surface area contributed by atoms with Crippen molar-refractivity contribution in [1.29, 1.82) is 0 Å². The molecule has 8 heteroatoms. The highest BCUT2D eigenvalue weighted by molar-refractivity contribution is 7.98. The van der Waals surface area contributed by atoms with Crippen LogP contribution in [-0.4, -0.2) is 32.8 Å². The largest absolute Gasteiger partial charge is 0.342 e. The number of rotatable bonds is 7. The smallest absolute Gasteiger partial charge is 0.269 e. The molecule has 1 aromatic heterocycles. The Hall–Kier alpha value is -2.87. The van der Waals surface area contributed by atoms with Crippen LogP contribution in [0.1, 0.15) is 28.6 Å². The molecule has 1 heterocycles. The van der Waals surface area contributed by atoms with Crippen molar-refractivity contribution in [1.82, 2.24) is 15.3 Å². The Balaban J connectivity index is 1.81. The first kappa shape index (κ1) is 17.9. The van der Waals surface area contributed by atoms with E-state index in [-0.39, 0.29) is 17.6 Å². The minimum absolute atomic E-state index is 0.0437. The van der Waals surface area contributed by atoms with Gasteiger partial charge >= 0.3 is 0 Å². The van der Waals surface area contributed by atoms with Gasteiger partial charge in [0.2, 0.25) is 0 Å². The summed E-state index contributed by atoms with van der Waals surface area (Å²) < 4.78 is 0. The number of H-pyrrole nitrogens is 1. The summed E-state index contributed by atoms with van der Waals surface area (Å²) in [6, 6.07) is 13.0. The number of aromatic nitrogens is 2. The van der Waals surface area contributed by atoms with Crippen molar-refractivity contribution in [3.8, 4) is 0 Å². The van der Waals surface area contributed by atoms with Gasteiger partial charge in [-0.3, -0.25) is 14.9 Å². The average Bonchev–Trinajstić information content (AvgIpc) is 3.09. The first-order chi connectivity index (χ1) is 12.6. The van der Waals surface area contributed by atoms with Crippen LogP contribution in [0, 0.1) is 10.1 Å². The standard InChI is InChI=1S/C18H18N4O3S/c1-26-11-10-16(17-19-14-4-2-3-5-15(14)20-17)21-18(23)12-6-8-13(9-7-12)22(24)25/h2-9,16H,10-11H2,1H3,(H,19,20)(H,21,23)/t16-/m1/s1. The minimum atomic E-state index is -0.489. The summed E-state index contributed by atoms with van der Waals surface area (Å²) in [7, 11) is 0. The van der Waals surface area contributed by atoms with Crippen molar-refractivity contribution >= 4 is 34.4 Å². The van der Waals surface area contributed by atoms with Gasteiger partial charge in [-0.15, -0.1) is 0 Å². The van der Waals surface area contributed by atoms with Gasteiger partial charge in [0.1, 0.15) is 5.82 Å². The summed E-state index contributed by atoms with van der Waals surface area (Å²) in [5.41, 5.74) is 2.10. The number of imidazole rings is 1. The summed E-state index contributed by atoms with van der Waals surface area (Å²) in [4.78, 5) is 30.7. The Labute approximate surface area is 154 Å². The predicted molar refractivity (Wildman–Crippen MR) is 102 cm³/mol. The van der Waals surface area contributed by atoms with E-state index in [4.69, 9.17) is 0 Å². The molecule has 3 aromatic rings. The molecule has 134 valence electrons. The van der Waals surface area contributed by atoms with E-state index >= 15 is 0 Å². The van der Waals surface area contributed by atoms with E-state index in [1.54, 1.807) is 11.8 Å². The first-order valence-electron chi connectivity index (χ1n) is 8.07. The minimum Gasteiger partial charge on any atom is -0.342 e. The Morgan fingerprint density at radius 2 is 2.00 bits per heavy atom. The van der Waals surface area contributed by atoms with Gasteiger partial charge in [-0.2, -0.15) is 11.8 Å². The second kappa shape index (κ2) is 8.01. The Morgan fingerprint density at radius 1 is 1.27 bits per heavy atom. The molecule has 0 aliphatic carbocycles. The van der Waals surface area contributed by atoms with E-state index in [1.807, 2.05) is 30.5 Å². The van der Waals surface area contributed by atoms with Gasteiger partial charge in [0.25, 0.3) is 11.6 Å². The summed E-state index contributed by atoms with van der Waals surface area (Å²) in [5.74, 6) is 1.28. The summed E-state index contributed by atoms with van der Waals surface area (Å²) in [6.45, 7) is 0. The zero-order valence-corrected chi connectivity index (χ0v) is 15.0. The molecule has 1 amide bonds. The fourth-order valence-corrected chi connectivity index (χ4v) is 3.10. The molecule has 0 aliphatic heterocycles. The number of para-hydroxylation sites is 2. The van der Waals surface area contributed by atoms with Crippen molar-refractivity contribution in [2.75, 3.05) is 12.0 Å². The number of nitro benzene ring substituents is 1. The SMILES string of the molecule is CSCC[C@@H](NC(=O)c1ccc([N+](=O)[O-])cc1)c1nc2ccccc2[nH]1. The zero-order valence-electron chi connectivity index (χ0n) is 14.1. The lowest BCUT2D eigenvalue weighted by atomic mass is 10.1. The van der Waals surface area contributed by atoms with Crippen molar-refractivity contribution < 1.29 is 9.72 Å². The fraction of sp³-hybridized carbons (Fsp3) is 0.222. The van der Waals surface area contributed by atoms with Crippen molar-refractivity contribution in [2.45, 2.75) is 12.5 Å². The van der Waals surface area contributed by atoms with E-state index in [2.05, 4.69) is 15.3 Å². The molecule has 7 nitrogen and oxygen atoms in total. The second-order valence-electron chi connectivity index (χ2n) is 5.75. The number of benzene rings is 2. The Bertz CT molecular complexity index is 891. The number of nitro groups is 1. The molecule has 0 unspecified atom stereocenters. The number of fused-ring (bicyclic) bond motifs is 1. The number of carbonyl (C=O) groups excluding carboxylic acids is 1. The van der Waals surface area contributed by atoms with E-state index in [9.17, 15) is 14.9 Å². The molecule has 2 N–H and O–H groups in total. The van der Waals surface area contributed by atoms with Gasteiger partial charge in [-0.25, -0.2) is 4.98 Å². The number of non-ortho nitro benzene ring substituents is 1. The first-order valence-corrected chi connectivity index (χ1v) is 9.47. The predicted octanol–water partition coefficient (Wildman–Crippen LogP) is 3.70. The van der Waals surface area contributed by atoms with Gasteiger partial charge in [0.05, 0.1) is 22.0 Å². The number of thioether (sulfide) groups is 1. The molecule has 0 saturated carbocycles. The van der Waals surface area contributed by atoms with Crippen LogP contribution in [0.5, 0.6) is 0 Å². The lowest BCUT2D eigenvalue weighted by Gasteiger charge is -2.16. The molecule has 0 saturated heterocycles. The third-order valence-corrected chi connectivity index (χ3v) is 4.64. The van der Waals surface area contributed by atoms with Crippen LogP contribution in [0.2, 0.25) is 0 Å². The highest BCUT2D eigenvalue weighted by atomic mass is 32.2. The molecular weight excluding hydrogens is 352 g/mol. The van der Waals surface area contributed by atoms with Crippen LogP contribution in [-0.2, 0) is 0 Å². The molecule has 26 heavy (non-hydrogen) atoms. The highest BCUT2D eigenvalue weighted by Crippen LogP contribution is 2.21. The quantitative estimate of drug-likeness (QED) is 0.488. The van der Waals surface area contributed by atoms with Crippen molar-refractivity contribution in [2.24, 2.45) is 0 Å². The number of hydrogen-bond donors (Lipinski definition) is 2.